The van der Waals surface area contributed by atoms with E-state index in [0.717, 1.165) is 0 Å². The predicted octanol–water partition coefficient (Wildman–Crippen LogP) is 3.68. The van der Waals surface area contributed by atoms with E-state index in [1.54, 1.807) is 36.4 Å². The molecule has 5 nitrogen and oxygen atoms in total. The molecule has 0 aliphatic heterocycles. The van der Waals surface area contributed by atoms with Crippen LogP contribution in [0.5, 0.6) is 0 Å². The second kappa shape index (κ2) is 4.76. The van der Waals surface area contributed by atoms with Crippen LogP contribution < -0.4 is 11.1 Å². The smallest absolute Gasteiger partial charge is 0.300 e. The van der Waals surface area contributed by atoms with Crippen LogP contribution in [0, 0.1) is 11.3 Å². The molecule has 6 heteroatoms. The van der Waals surface area contributed by atoms with E-state index in [-0.39, 0.29) is 6.01 Å². The van der Waals surface area contributed by atoms with Crippen LogP contribution in [0.1, 0.15) is 5.56 Å². The number of nitrogens with zero attached hydrogens (tertiary/aromatic N) is 2. The lowest BCUT2D eigenvalue weighted by molar-refractivity contribution is 0.623. The van der Waals surface area contributed by atoms with Gasteiger partial charge in [0.25, 0.3) is 6.01 Å². The zero-order chi connectivity index (χ0) is 14.1. The number of rotatable bonds is 2. The maximum Gasteiger partial charge on any atom is 0.300 e. The van der Waals surface area contributed by atoms with E-state index in [1.165, 1.54) is 0 Å². The van der Waals surface area contributed by atoms with Crippen LogP contribution in [0.15, 0.2) is 40.8 Å². The van der Waals surface area contributed by atoms with Crippen molar-refractivity contribution in [3.05, 3.63) is 47.0 Å². The molecule has 0 spiro atoms. The molecular formula is C14H9ClN4O. The summed E-state index contributed by atoms with van der Waals surface area (Å²) in [6.07, 6.45) is 0. The van der Waals surface area contributed by atoms with Gasteiger partial charge in [0.05, 0.1) is 16.9 Å². The Morgan fingerprint density at radius 2 is 2.15 bits per heavy atom. The number of nitrogen functional groups attached to an aromatic ring is 1. The quantitative estimate of drug-likeness (QED) is 0.701. The fourth-order valence-electron chi connectivity index (χ4n) is 1.86. The summed E-state index contributed by atoms with van der Waals surface area (Å²) in [5, 5.41) is 12.5. The van der Waals surface area contributed by atoms with Gasteiger partial charge in [0.1, 0.15) is 11.6 Å². The van der Waals surface area contributed by atoms with Gasteiger partial charge in [-0.15, -0.1) is 0 Å². The molecule has 1 heterocycles. The Balaban J connectivity index is 2.04. The van der Waals surface area contributed by atoms with Gasteiger partial charge in [-0.05, 0) is 30.3 Å². The van der Waals surface area contributed by atoms with Crippen LogP contribution in [-0.4, -0.2) is 4.98 Å². The lowest BCUT2D eigenvalue weighted by atomic mass is 10.2. The number of hydrogen-bond acceptors (Lipinski definition) is 5. The van der Waals surface area contributed by atoms with E-state index in [1.807, 2.05) is 0 Å². The van der Waals surface area contributed by atoms with Gasteiger partial charge < -0.3 is 15.5 Å². The molecular weight excluding hydrogens is 276 g/mol. The first-order valence-electron chi connectivity index (χ1n) is 5.79. The maximum atomic E-state index is 9.07. The Labute approximate surface area is 119 Å². The number of para-hydroxylation sites is 1. The molecule has 0 amide bonds. The van der Waals surface area contributed by atoms with Crippen LogP contribution >= 0.6 is 11.6 Å². The molecule has 20 heavy (non-hydrogen) atoms. The van der Waals surface area contributed by atoms with E-state index < -0.39 is 0 Å². The molecule has 3 N–H and O–H groups in total. The summed E-state index contributed by atoms with van der Waals surface area (Å²) < 4.78 is 5.54. The number of hydrogen-bond donors (Lipinski definition) is 2. The van der Waals surface area contributed by atoms with Crippen LogP contribution in [-0.2, 0) is 0 Å². The number of anilines is 3. The Morgan fingerprint density at radius 3 is 2.90 bits per heavy atom. The normalized spacial score (nSPS) is 10.4. The molecule has 0 fully saturated rings. The Kier molecular flexibility index (Phi) is 2.93. The largest absolute Gasteiger partial charge is 0.423 e. The minimum atomic E-state index is 0.261. The van der Waals surface area contributed by atoms with Crippen molar-refractivity contribution in [3.8, 4) is 6.07 Å². The molecule has 2 aromatic carbocycles. The summed E-state index contributed by atoms with van der Waals surface area (Å²) in [6, 6.07) is 12.5. The monoisotopic (exact) mass is 284 g/mol. The average molecular weight is 285 g/mol. The minimum Gasteiger partial charge on any atom is -0.423 e. The molecule has 0 aliphatic carbocycles. The molecule has 0 saturated heterocycles. The summed E-state index contributed by atoms with van der Waals surface area (Å²) >= 11 is 5.92. The van der Waals surface area contributed by atoms with Crippen LogP contribution in [0.25, 0.3) is 11.1 Å². The molecule has 0 atom stereocenters. The lowest BCUT2D eigenvalue weighted by Gasteiger charge is -2.04. The summed E-state index contributed by atoms with van der Waals surface area (Å²) in [7, 11) is 0. The third-order valence-electron chi connectivity index (χ3n) is 2.79. The maximum absolute atomic E-state index is 9.07. The number of oxazole rings is 1. The second-order valence-corrected chi connectivity index (χ2v) is 4.58. The highest BCUT2D eigenvalue weighted by atomic mass is 35.5. The number of fused-ring (bicyclic) bond motifs is 1. The van der Waals surface area contributed by atoms with Crippen molar-refractivity contribution in [2.75, 3.05) is 11.1 Å². The van der Waals surface area contributed by atoms with E-state index in [0.29, 0.717) is 33.1 Å². The first kappa shape index (κ1) is 12.3. The highest BCUT2D eigenvalue weighted by Crippen LogP contribution is 2.28. The van der Waals surface area contributed by atoms with Crippen molar-refractivity contribution in [3.63, 3.8) is 0 Å². The zero-order valence-electron chi connectivity index (χ0n) is 10.2. The molecule has 1 aromatic heterocycles. The fourth-order valence-corrected chi connectivity index (χ4v) is 2.03. The van der Waals surface area contributed by atoms with Crippen molar-refractivity contribution < 1.29 is 4.42 Å². The molecule has 0 aliphatic rings. The predicted molar refractivity (Wildman–Crippen MR) is 77.9 cm³/mol. The lowest BCUT2D eigenvalue weighted by Crippen LogP contribution is -1.94. The van der Waals surface area contributed by atoms with Gasteiger partial charge in [0, 0.05) is 5.02 Å². The number of nitriles is 1. The molecule has 3 rings (SSSR count). The van der Waals surface area contributed by atoms with Gasteiger partial charge in [0.2, 0.25) is 0 Å². The van der Waals surface area contributed by atoms with E-state index in [2.05, 4.69) is 16.4 Å². The van der Waals surface area contributed by atoms with Crippen molar-refractivity contribution in [1.29, 1.82) is 5.26 Å². The highest BCUT2D eigenvalue weighted by molar-refractivity contribution is 6.30. The average Bonchev–Trinajstić information content (AvgIpc) is 2.83. The molecule has 98 valence electrons. The summed E-state index contributed by atoms with van der Waals surface area (Å²) in [5.41, 5.74) is 8.49. The Morgan fingerprint density at radius 1 is 1.30 bits per heavy atom. The number of halogens is 1. The highest BCUT2D eigenvalue weighted by Gasteiger charge is 2.10. The third kappa shape index (κ3) is 2.13. The van der Waals surface area contributed by atoms with Crippen LogP contribution in [0.4, 0.5) is 17.4 Å². The minimum absolute atomic E-state index is 0.261. The number of nitrogens with two attached hydrogens (primary N) is 1. The van der Waals surface area contributed by atoms with Gasteiger partial charge in [-0.25, -0.2) is 0 Å². The number of nitrogens with one attached hydrogen (secondary N) is 1. The SMILES string of the molecule is N#Cc1ccc(Cl)cc1Nc1nc2c(N)cccc2o1. The standard InChI is InChI=1S/C14H9ClN4O/c15-9-5-4-8(7-16)11(6-9)18-14-19-13-10(17)2-1-3-12(13)20-14/h1-6H,17H2,(H,18,19). The van der Waals surface area contributed by atoms with Crippen LogP contribution in [0.2, 0.25) is 5.02 Å². The van der Waals surface area contributed by atoms with E-state index in [9.17, 15) is 0 Å². The van der Waals surface area contributed by atoms with Crippen molar-refractivity contribution in [1.82, 2.24) is 4.98 Å². The van der Waals surface area contributed by atoms with Crippen LogP contribution in [0.3, 0.4) is 0 Å². The Bertz CT molecular complexity index is 835. The molecule has 0 radical (unpaired) electrons. The van der Waals surface area contributed by atoms with E-state index in [4.69, 9.17) is 27.0 Å². The summed E-state index contributed by atoms with van der Waals surface area (Å²) in [5.74, 6) is 0. The molecule has 0 bridgehead atoms. The Hall–Kier alpha value is -2.71. The van der Waals surface area contributed by atoms with Crippen molar-refractivity contribution in [2.45, 2.75) is 0 Å². The third-order valence-corrected chi connectivity index (χ3v) is 3.03. The second-order valence-electron chi connectivity index (χ2n) is 4.14. The molecule has 0 unspecified atom stereocenters. The van der Waals surface area contributed by atoms with Gasteiger partial charge in [-0.2, -0.15) is 10.2 Å². The first-order valence-corrected chi connectivity index (χ1v) is 6.17. The van der Waals surface area contributed by atoms with Crippen molar-refractivity contribution >= 4 is 40.1 Å². The molecule has 3 aromatic rings. The van der Waals surface area contributed by atoms with Gasteiger partial charge in [0.15, 0.2) is 5.58 Å². The van der Waals surface area contributed by atoms with Gasteiger partial charge in [-0.3, -0.25) is 0 Å². The summed E-state index contributed by atoms with van der Waals surface area (Å²) in [6.45, 7) is 0. The van der Waals surface area contributed by atoms with Gasteiger partial charge >= 0.3 is 0 Å². The summed E-state index contributed by atoms with van der Waals surface area (Å²) in [4.78, 5) is 4.26. The zero-order valence-corrected chi connectivity index (χ0v) is 11.0. The van der Waals surface area contributed by atoms with Crippen molar-refractivity contribution in [2.24, 2.45) is 0 Å². The number of benzene rings is 2. The first-order chi connectivity index (χ1) is 9.67. The molecule has 0 saturated carbocycles. The fraction of sp³-hybridized carbons (Fsp3) is 0. The van der Waals surface area contributed by atoms with E-state index >= 15 is 0 Å². The number of aromatic nitrogens is 1. The van der Waals surface area contributed by atoms with Gasteiger partial charge in [-0.1, -0.05) is 17.7 Å². The topological polar surface area (TPSA) is 87.9 Å².